The Hall–Kier alpha value is -2.35. The number of halogens is 3. The molecule has 0 amide bonds. The smallest absolute Gasteiger partial charge is 0.385 e. The van der Waals surface area contributed by atoms with E-state index in [2.05, 4.69) is 20.6 Å². The number of nitrogens with zero attached hydrogens (tertiary/aromatic N) is 2. The van der Waals surface area contributed by atoms with E-state index in [4.69, 9.17) is 4.74 Å². The lowest BCUT2D eigenvalue weighted by atomic mass is 10.1. The number of hydrogen-bond donors (Lipinski definition) is 2. The molecular formula is C15H17F3N4O. The minimum atomic E-state index is -4.43. The Labute approximate surface area is 131 Å². The van der Waals surface area contributed by atoms with Crippen LogP contribution in [0.4, 0.5) is 30.6 Å². The number of nitrogens with one attached hydrogen (secondary N) is 2. The lowest BCUT2D eigenvalue weighted by Gasteiger charge is -2.14. The van der Waals surface area contributed by atoms with Gasteiger partial charge in [0.05, 0.1) is 11.3 Å². The minimum Gasteiger partial charge on any atom is -0.385 e. The van der Waals surface area contributed by atoms with Crippen molar-refractivity contribution in [2.75, 3.05) is 30.9 Å². The average molecular weight is 326 g/mol. The van der Waals surface area contributed by atoms with E-state index in [-0.39, 0.29) is 11.5 Å². The topological polar surface area (TPSA) is 59.1 Å². The Bertz CT molecular complexity index is 634. The van der Waals surface area contributed by atoms with Crippen LogP contribution in [0.1, 0.15) is 12.0 Å². The van der Waals surface area contributed by atoms with Crippen molar-refractivity contribution in [3.05, 3.63) is 42.1 Å². The molecule has 0 spiro atoms. The summed E-state index contributed by atoms with van der Waals surface area (Å²) in [7, 11) is 1.61. The number of anilines is 3. The quantitative estimate of drug-likeness (QED) is 0.760. The molecule has 0 bridgehead atoms. The molecule has 0 radical (unpaired) electrons. The molecule has 0 aliphatic heterocycles. The second kappa shape index (κ2) is 7.77. The van der Waals surface area contributed by atoms with Crippen LogP contribution in [0.2, 0.25) is 0 Å². The summed E-state index contributed by atoms with van der Waals surface area (Å²) in [6.07, 6.45) is -2.18. The van der Waals surface area contributed by atoms with Crippen LogP contribution in [0.15, 0.2) is 36.5 Å². The average Bonchev–Trinajstić information content (AvgIpc) is 2.51. The number of hydrogen-bond acceptors (Lipinski definition) is 5. The van der Waals surface area contributed by atoms with E-state index in [9.17, 15) is 13.2 Å². The summed E-state index contributed by atoms with van der Waals surface area (Å²) >= 11 is 0. The van der Waals surface area contributed by atoms with Crippen LogP contribution in [0.5, 0.6) is 0 Å². The third kappa shape index (κ3) is 5.10. The molecule has 0 aliphatic carbocycles. The van der Waals surface area contributed by atoms with Crippen molar-refractivity contribution in [2.24, 2.45) is 0 Å². The number of alkyl halides is 3. The number of benzene rings is 1. The molecule has 0 unspecified atom stereocenters. The van der Waals surface area contributed by atoms with Gasteiger partial charge in [-0.1, -0.05) is 12.1 Å². The van der Waals surface area contributed by atoms with Gasteiger partial charge in [0, 0.05) is 26.5 Å². The van der Waals surface area contributed by atoms with Crippen molar-refractivity contribution in [3.63, 3.8) is 0 Å². The Balaban J connectivity index is 2.09. The van der Waals surface area contributed by atoms with Gasteiger partial charge in [-0.2, -0.15) is 18.2 Å². The maximum Gasteiger partial charge on any atom is 0.418 e. The van der Waals surface area contributed by atoms with Crippen LogP contribution in [0.25, 0.3) is 0 Å². The van der Waals surface area contributed by atoms with Crippen molar-refractivity contribution in [2.45, 2.75) is 12.6 Å². The van der Waals surface area contributed by atoms with Gasteiger partial charge >= 0.3 is 6.18 Å². The number of ether oxygens (including phenoxy) is 1. The monoisotopic (exact) mass is 326 g/mol. The van der Waals surface area contributed by atoms with E-state index >= 15 is 0 Å². The molecule has 2 N–H and O–H groups in total. The summed E-state index contributed by atoms with van der Waals surface area (Å²) in [6, 6.07) is 6.76. The SMILES string of the molecule is COCCCNc1nccc(Nc2ccccc2C(F)(F)F)n1. The first kappa shape index (κ1) is 17.0. The highest BCUT2D eigenvalue weighted by Crippen LogP contribution is 2.35. The lowest BCUT2D eigenvalue weighted by molar-refractivity contribution is -0.136. The standard InChI is InChI=1S/C15H17F3N4O/c1-23-10-4-8-19-14-20-9-7-13(22-14)21-12-6-3-2-5-11(12)15(16,17)18/h2-3,5-7,9H,4,8,10H2,1H3,(H2,19,20,21,22). The van der Waals surface area contributed by atoms with Crippen LogP contribution in [-0.4, -0.2) is 30.2 Å². The van der Waals surface area contributed by atoms with Gasteiger partial charge < -0.3 is 15.4 Å². The predicted octanol–water partition coefficient (Wildman–Crippen LogP) is 3.69. The highest BCUT2D eigenvalue weighted by Gasteiger charge is 2.33. The summed E-state index contributed by atoms with van der Waals surface area (Å²) in [5.41, 5.74) is -0.794. The molecule has 5 nitrogen and oxygen atoms in total. The molecule has 23 heavy (non-hydrogen) atoms. The summed E-state index contributed by atoms with van der Waals surface area (Å²) in [4.78, 5) is 8.17. The zero-order chi connectivity index (χ0) is 16.7. The van der Waals surface area contributed by atoms with Crippen molar-refractivity contribution < 1.29 is 17.9 Å². The molecule has 0 fully saturated rings. The van der Waals surface area contributed by atoms with Crippen molar-refractivity contribution in [3.8, 4) is 0 Å². The number of methoxy groups -OCH3 is 1. The molecule has 0 saturated heterocycles. The Morgan fingerprint density at radius 1 is 1.17 bits per heavy atom. The highest BCUT2D eigenvalue weighted by molar-refractivity contribution is 5.61. The van der Waals surface area contributed by atoms with E-state index < -0.39 is 11.7 Å². The van der Waals surface area contributed by atoms with Crippen LogP contribution < -0.4 is 10.6 Å². The van der Waals surface area contributed by atoms with Gasteiger partial charge in [-0.15, -0.1) is 0 Å². The predicted molar refractivity (Wildman–Crippen MR) is 81.7 cm³/mol. The summed E-state index contributed by atoms with van der Waals surface area (Å²) in [5, 5.41) is 5.67. The first-order chi connectivity index (χ1) is 11.0. The van der Waals surface area contributed by atoms with E-state index in [0.29, 0.717) is 19.1 Å². The number of para-hydroxylation sites is 1. The Morgan fingerprint density at radius 3 is 2.70 bits per heavy atom. The fourth-order valence-corrected chi connectivity index (χ4v) is 1.91. The third-order valence-corrected chi connectivity index (χ3v) is 2.96. The molecule has 0 saturated carbocycles. The fourth-order valence-electron chi connectivity index (χ4n) is 1.91. The molecule has 124 valence electrons. The Morgan fingerprint density at radius 2 is 1.96 bits per heavy atom. The van der Waals surface area contributed by atoms with Crippen LogP contribution >= 0.6 is 0 Å². The second-order valence-electron chi connectivity index (χ2n) is 4.71. The molecule has 0 aliphatic rings. The van der Waals surface area contributed by atoms with Gasteiger partial charge in [-0.05, 0) is 24.6 Å². The Kier molecular flexibility index (Phi) is 5.75. The van der Waals surface area contributed by atoms with E-state index in [1.165, 1.54) is 30.5 Å². The van der Waals surface area contributed by atoms with Gasteiger partial charge in [-0.3, -0.25) is 0 Å². The van der Waals surface area contributed by atoms with Crippen molar-refractivity contribution >= 4 is 17.5 Å². The lowest BCUT2D eigenvalue weighted by Crippen LogP contribution is -2.10. The summed E-state index contributed by atoms with van der Waals surface area (Å²) in [5.74, 6) is 0.626. The zero-order valence-electron chi connectivity index (χ0n) is 12.5. The first-order valence-corrected chi connectivity index (χ1v) is 7.00. The molecular weight excluding hydrogens is 309 g/mol. The number of rotatable bonds is 7. The third-order valence-electron chi connectivity index (χ3n) is 2.96. The van der Waals surface area contributed by atoms with Gasteiger partial charge in [0.25, 0.3) is 0 Å². The molecule has 1 heterocycles. The fraction of sp³-hybridized carbons (Fsp3) is 0.333. The van der Waals surface area contributed by atoms with Crippen molar-refractivity contribution in [1.29, 1.82) is 0 Å². The summed E-state index contributed by atoms with van der Waals surface area (Å²) in [6.45, 7) is 1.21. The zero-order valence-corrected chi connectivity index (χ0v) is 12.5. The van der Waals surface area contributed by atoms with Gasteiger partial charge in [0.1, 0.15) is 5.82 Å². The molecule has 1 aromatic carbocycles. The molecule has 0 atom stereocenters. The van der Waals surface area contributed by atoms with E-state index in [1.807, 2.05) is 0 Å². The van der Waals surface area contributed by atoms with Crippen molar-refractivity contribution in [1.82, 2.24) is 9.97 Å². The van der Waals surface area contributed by atoms with Crippen LogP contribution in [-0.2, 0) is 10.9 Å². The van der Waals surface area contributed by atoms with Crippen LogP contribution in [0.3, 0.4) is 0 Å². The first-order valence-electron chi connectivity index (χ1n) is 7.00. The molecule has 8 heteroatoms. The van der Waals surface area contributed by atoms with E-state index in [1.54, 1.807) is 7.11 Å². The summed E-state index contributed by atoms with van der Waals surface area (Å²) < 4.78 is 43.8. The normalized spacial score (nSPS) is 11.3. The van der Waals surface area contributed by atoms with Gasteiger partial charge in [-0.25, -0.2) is 4.98 Å². The van der Waals surface area contributed by atoms with Crippen LogP contribution in [0, 0.1) is 0 Å². The van der Waals surface area contributed by atoms with Gasteiger partial charge in [0.15, 0.2) is 0 Å². The van der Waals surface area contributed by atoms with E-state index in [0.717, 1.165) is 12.5 Å². The maximum atomic E-state index is 13.0. The molecule has 2 rings (SSSR count). The molecule has 2 aromatic rings. The molecule has 1 aromatic heterocycles. The maximum absolute atomic E-state index is 13.0. The number of aromatic nitrogens is 2. The van der Waals surface area contributed by atoms with Gasteiger partial charge in [0.2, 0.25) is 5.95 Å². The second-order valence-corrected chi connectivity index (χ2v) is 4.71. The largest absolute Gasteiger partial charge is 0.418 e. The minimum absolute atomic E-state index is 0.0518. The highest BCUT2D eigenvalue weighted by atomic mass is 19.4.